The Morgan fingerprint density at radius 1 is 0.360 bits per heavy atom. The van der Waals surface area contributed by atoms with Crippen LogP contribution in [-0.2, 0) is 0 Å². The molecule has 0 aliphatic heterocycles. The van der Waals surface area contributed by atoms with Crippen LogP contribution in [0.25, 0.3) is 66.7 Å². The third kappa shape index (κ3) is 5.51. The van der Waals surface area contributed by atoms with E-state index >= 15 is 0 Å². The highest BCUT2D eigenvalue weighted by Crippen LogP contribution is 2.40. The first kappa shape index (κ1) is 29.4. The number of fused-ring (bicyclic) bond motifs is 3. The van der Waals surface area contributed by atoms with Gasteiger partial charge in [-0.15, -0.1) is 0 Å². The van der Waals surface area contributed by atoms with Crippen molar-refractivity contribution in [2.75, 3.05) is 4.90 Å². The maximum Gasteiger partial charge on any atom is 0.227 e. The monoisotopic (exact) mass is 640 g/mol. The van der Waals surface area contributed by atoms with Crippen LogP contribution in [0.1, 0.15) is 0 Å². The minimum atomic E-state index is 0.630. The summed E-state index contributed by atoms with van der Waals surface area (Å²) in [6.07, 6.45) is 0. The molecule has 0 bridgehead atoms. The number of rotatable bonds is 7. The molecule has 0 atom stereocenters. The maximum atomic E-state index is 6.37. The smallest absolute Gasteiger partial charge is 0.227 e. The SMILES string of the molecule is c1ccc(-c2ccc(N(c3ccc(-c4ccccc4)cc3)c3ccc(-c4cc5oc(-c6ccccc6)nc5c5ccccc45)cc3)cc2)cc1. The molecule has 0 fully saturated rings. The van der Waals surface area contributed by atoms with Gasteiger partial charge in [-0.3, -0.25) is 0 Å². The fraction of sp³-hybridized carbons (Fsp3) is 0. The normalized spacial score (nSPS) is 11.2. The Labute approximate surface area is 291 Å². The molecule has 0 unspecified atom stereocenters. The van der Waals surface area contributed by atoms with Gasteiger partial charge in [0.2, 0.25) is 5.89 Å². The molecule has 236 valence electrons. The van der Waals surface area contributed by atoms with Crippen molar-refractivity contribution >= 4 is 38.9 Å². The fourth-order valence-electron chi connectivity index (χ4n) is 6.80. The quantitative estimate of drug-likeness (QED) is 0.174. The zero-order chi connectivity index (χ0) is 33.3. The lowest BCUT2D eigenvalue weighted by Gasteiger charge is -2.26. The zero-order valence-corrected chi connectivity index (χ0v) is 27.3. The van der Waals surface area contributed by atoms with Crippen LogP contribution >= 0.6 is 0 Å². The lowest BCUT2D eigenvalue weighted by atomic mass is 9.97. The first-order valence-electron chi connectivity index (χ1n) is 16.9. The van der Waals surface area contributed by atoms with Crippen LogP contribution in [0.5, 0.6) is 0 Å². The van der Waals surface area contributed by atoms with Crippen LogP contribution in [0.4, 0.5) is 17.1 Å². The number of hydrogen-bond acceptors (Lipinski definition) is 3. The van der Waals surface area contributed by atoms with Crippen LogP contribution in [0.2, 0.25) is 0 Å². The lowest BCUT2D eigenvalue weighted by Crippen LogP contribution is -2.09. The summed E-state index contributed by atoms with van der Waals surface area (Å²) in [5, 5.41) is 2.22. The van der Waals surface area contributed by atoms with Gasteiger partial charge >= 0.3 is 0 Å². The van der Waals surface area contributed by atoms with Gasteiger partial charge in [-0.05, 0) is 93.4 Å². The molecular weight excluding hydrogens is 609 g/mol. The molecule has 1 aromatic heterocycles. The molecule has 0 amide bonds. The molecule has 1 heterocycles. The summed E-state index contributed by atoms with van der Waals surface area (Å²) in [4.78, 5) is 7.24. The van der Waals surface area contributed by atoms with E-state index in [0.29, 0.717) is 5.89 Å². The topological polar surface area (TPSA) is 29.3 Å². The van der Waals surface area contributed by atoms with Crippen LogP contribution in [0.15, 0.2) is 199 Å². The first-order valence-corrected chi connectivity index (χ1v) is 16.9. The highest BCUT2D eigenvalue weighted by atomic mass is 16.3. The summed E-state index contributed by atoms with van der Waals surface area (Å²) < 4.78 is 6.37. The van der Waals surface area contributed by atoms with Crippen LogP contribution in [-0.4, -0.2) is 4.98 Å². The van der Waals surface area contributed by atoms with E-state index in [0.717, 1.165) is 55.6 Å². The molecule has 0 aliphatic carbocycles. The van der Waals surface area contributed by atoms with Gasteiger partial charge in [-0.2, -0.15) is 0 Å². The summed E-state index contributed by atoms with van der Waals surface area (Å²) in [6.45, 7) is 0. The van der Waals surface area contributed by atoms with Gasteiger partial charge in [0.1, 0.15) is 5.52 Å². The van der Waals surface area contributed by atoms with Gasteiger partial charge in [-0.1, -0.05) is 140 Å². The molecule has 8 aromatic carbocycles. The molecule has 3 heteroatoms. The predicted octanol–water partition coefficient (Wildman–Crippen LogP) is 13.1. The Kier molecular flexibility index (Phi) is 7.49. The largest absolute Gasteiger partial charge is 0.436 e. The van der Waals surface area contributed by atoms with Gasteiger partial charge in [0.15, 0.2) is 5.58 Å². The van der Waals surface area contributed by atoms with Crippen molar-refractivity contribution in [2.45, 2.75) is 0 Å². The Morgan fingerprint density at radius 2 is 0.760 bits per heavy atom. The van der Waals surface area contributed by atoms with Crippen LogP contribution in [0.3, 0.4) is 0 Å². The van der Waals surface area contributed by atoms with Crippen LogP contribution < -0.4 is 4.90 Å². The van der Waals surface area contributed by atoms with E-state index in [2.05, 4.69) is 169 Å². The minimum Gasteiger partial charge on any atom is -0.436 e. The number of oxazole rings is 1. The summed E-state index contributed by atoms with van der Waals surface area (Å²) >= 11 is 0. The van der Waals surface area contributed by atoms with Crippen molar-refractivity contribution in [3.8, 4) is 44.8 Å². The molecule has 0 radical (unpaired) electrons. The number of anilines is 3. The molecule has 3 nitrogen and oxygen atoms in total. The minimum absolute atomic E-state index is 0.630. The average molecular weight is 641 g/mol. The van der Waals surface area contributed by atoms with E-state index in [1.165, 1.54) is 22.3 Å². The van der Waals surface area contributed by atoms with E-state index in [4.69, 9.17) is 9.40 Å². The second-order valence-corrected chi connectivity index (χ2v) is 12.4. The number of hydrogen-bond donors (Lipinski definition) is 0. The van der Waals surface area contributed by atoms with Crippen molar-refractivity contribution in [3.63, 3.8) is 0 Å². The van der Waals surface area contributed by atoms with Gasteiger partial charge in [0.05, 0.1) is 0 Å². The standard InChI is InChI=1S/C47H32N2O/c1-4-12-33(13-5-1)35-20-26-39(27-21-35)49(40-28-22-36(23-29-40)34-14-6-2-7-15-34)41-30-24-37(25-31-41)44-32-45-46(43-19-11-10-18-42(43)44)48-47(50-45)38-16-8-3-9-17-38/h1-32H. The molecule has 0 N–H and O–H groups in total. The van der Waals surface area contributed by atoms with Gasteiger partial charge in [0, 0.05) is 28.0 Å². The van der Waals surface area contributed by atoms with Gasteiger partial charge < -0.3 is 9.32 Å². The zero-order valence-electron chi connectivity index (χ0n) is 27.3. The Balaban J connectivity index is 1.12. The van der Waals surface area contributed by atoms with Crippen molar-refractivity contribution in [1.29, 1.82) is 0 Å². The molecule has 9 aromatic rings. The first-order chi connectivity index (χ1) is 24.8. The van der Waals surface area contributed by atoms with Crippen LogP contribution in [0, 0.1) is 0 Å². The van der Waals surface area contributed by atoms with Crippen molar-refractivity contribution in [3.05, 3.63) is 194 Å². The van der Waals surface area contributed by atoms with Gasteiger partial charge in [-0.25, -0.2) is 4.98 Å². The number of aromatic nitrogens is 1. The summed E-state index contributed by atoms with van der Waals surface area (Å²) in [5.41, 5.74) is 12.9. The summed E-state index contributed by atoms with van der Waals surface area (Å²) in [7, 11) is 0. The number of nitrogens with zero attached hydrogens (tertiary/aromatic N) is 2. The number of benzene rings is 8. The summed E-state index contributed by atoms with van der Waals surface area (Å²) in [6, 6.07) is 68.2. The van der Waals surface area contributed by atoms with Gasteiger partial charge in [0.25, 0.3) is 0 Å². The second kappa shape index (κ2) is 12.7. The van der Waals surface area contributed by atoms with E-state index in [-0.39, 0.29) is 0 Å². The molecule has 0 saturated carbocycles. The van der Waals surface area contributed by atoms with Crippen molar-refractivity contribution < 1.29 is 4.42 Å². The second-order valence-electron chi connectivity index (χ2n) is 12.4. The lowest BCUT2D eigenvalue weighted by molar-refractivity contribution is 0.620. The van der Waals surface area contributed by atoms with Crippen molar-refractivity contribution in [2.24, 2.45) is 0 Å². The predicted molar refractivity (Wildman–Crippen MR) is 208 cm³/mol. The fourth-order valence-corrected chi connectivity index (χ4v) is 6.80. The molecule has 50 heavy (non-hydrogen) atoms. The molecular formula is C47H32N2O. The van der Waals surface area contributed by atoms with Crippen molar-refractivity contribution in [1.82, 2.24) is 4.98 Å². The van der Waals surface area contributed by atoms with E-state index in [1.807, 2.05) is 30.3 Å². The highest BCUT2D eigenvalue weighted by molar-refractivity contribution is 6.11. The highest BCUT2D eigenvalue weighted by Gasteiger charge is 2.17. The average Bonchev–Trinajstić information content (AvgIpc) is 3.65. The third-order valence-electron chi connectivity index (χ3n) is 9.32. The molecule has 0 saturated heterocycles. The Morgan fingerprint density at radius 3 is 1.26 bits per heavy atom. The summed E-state index contributed by atoms with van der Waals surface area (Å²) in [5.74, 6) is 0.630. The molecule has 0 spiro atoms. The third-order valence-corrected chi connectivity index (χ3v) is 9.32. The Bertz CT molecular complexity index is 2460. The maximum absolute atomic E-state index is 6.37. The van der Waals surface area contributed by atoms with E-state index in [9.17, 15) is 0 Å². The molecule has 9 rings (SSSR count). The molecule has 0 aliphatic rings. The van der Waals surface area contributed by atoms with E-state index in [1.54, 1.807) is 0 Å². The Hall–Kier alpha value is -6.71. The van der Waals surface area contributed by atoms with E-state index < -0.39 is 0 Å².